The fourth-order valence-corrected chi connectivity index (χ4v) is 4.27. The van der Waals surface area contributed by atoms with Gasteiger partial charge in [-0.3, -0.25) is 4.90 Å². The second kappa shape index (κ2) is 8.16. The zero-order valence-electron chi connectivity index (χ0n) is 17.3. The summed E-state index contributed by atoms with van der Waals surface area (Å²) in [6, 6.07) is 11.0. The smallest absolute Gasteiger partial charge is 0.244 e. The van der Waals surface area contributed by atoms with Crippen LogP contribution in [0.15, 0.2) is 52.0 Å². The molecule has 1 fully saturated rings. The maximum absolute atomic E-state index is 11.7. The van der Waals surface area contributed by atoms with Crippen molar-refractivity contribution >= 4 is 15.7 Å². The molecule has 0 radical (unpaired) electrons. The Morgan fingerprint density at radius 3 is 2.57 bits per heavy atom. The second-order valence-electron chi connectivity index (χ2n) is 7.80. The number of aromatic nitrogens is 3. The minimum atomic E-state index is -3.19. The Bertz CT molecular complexity index is 1110. The highest BCUT2D eigenvalue weighted by atomic mass is 32.2. The highest BCUT2D eigenvalue weighted by Crippen LogP contribution is 2.33. The number of nitrogens with zero attached hydrogens (tertiary/aromatic N) is 5. The molecule has 0 N–H and O–H groups in total. The van der Waals surface area contributed by atoms with E-state index in [1.807, 2.05) is 43.3 Å². The van der Waals surface area contributed by atoms with Gasteiger partial charge >= 0.3 is 0 Å². The largest absolute Gasteiger partial charge is 0.363 e. The topological polar surface area (TPSA) is 92.4 Å². The zero-order valence-corrected chi connectivity index (χ0v) is 18.1. The molecule has 30 heavy (non-hydrogen) atoms. The van der Waals surface area contributed by atoms with Crippen molar-refractivity contribution in [3.63, 3.8) is 0 Å². The highest BCUT2D eigenvalue weighted by molar-refractivity contribution is 7.90. The molecule has 1 atom stereocenters. The molecule has 1 saturated heterocycles. The van der Waals surface area contributed by atoms with Crippen molar-refractivity contribution in [2.75, 3.05) is 31.8 Å². The van der Waals surface area contributed by atoms with Crippen LogP contribution < -0.4 is 4.90 Å². The molecule has 1 aliphatic heterocycles. The molecule has 2 aromatic heterocycles. The zero-order chi connectivity index (χ0) is 21.3. The van der Waals surface area contributed by atoms with Gasteiger partial charge in [0.2, 0.25) is 11.7 Å². The van der Waals surface area contributed by atoms with E-state index in [-0.39, 0.29) is 6.04 Å². The number of rotatable bonds is 6. The molecule has 0 aliphatic carbocycles. The average molecular weight is 428 g/mol. The fraction of sp³-hybridized carbons (Fsp3) is 0.381. The summed E-state index contributed by atoms with van der Waals surface area (Å²) in [5.74, 6) is 2.01. The minimum Gasteiger partial charge on any atom is -0.363 e. The Morgan fingerprint density at radius 1 is 1.17 bits per heavy atom. The quantitative estimate of drug-likeness (QED) is 0.593. The molecular formula is C21H25N5O3S. The van der Waals surface area contributed by atoms with E-state index in [0.29, 0.717) is 23.2 Å². The normalized spacial score (nSPS) is 17.4. The Hall–Kier alpha value is -2.78. The molecular weight excluding hydrogens is 402 g/mol. The Morgan fingerprint density at radius 2 is 1.93 bits per heavy atom. The molecule has 3 heterocycles. The van der Waals surface area contributed by atoms with Gasteiger partial charge in [0.1, 0.15) is 5.82 Å². The summed E-state index contributed by atoms with van der Waals surface area (Å²) in [6.07, 6.45) is 4.96. The van der Waals surface area contributed by atoms with Crippen molar-refractivity contribution in [1.29, 1.82) is 0 Å². The van der Waals surface area contributed by atoms with Crippen molar-refractivity contribution in [3.05, 3.63) is 54.0 Å². The molecule has 1 aliphatic rings. The lowest BCUT2D eigenvalue weighted by Crippen LogP contribution is -2.23. The Kier molecular flexibility index (Phi) is 5.57. The van der Waals surface area contributed by atoms with Crippen LogP contribution in [0.4, 0.5) is 5.82 Å². The van der Waals surface area contributed by atoms with Crippen molar-refractivity contribution in [1.82, 2.24) is 20.0 Å². The van der Waals surface area contributed by atoms with E-state index in [0.717, 1.165) is 36.3 Å². The van der Waals surface area contributed by atoms with Crippen LogP contribution in [-0.2, 0) is 16.4 Å². The van der Waals surface area contributed by atoms with Gasteiger partial charge in [0.15, 0.2) is 9.84 Å². The summed E-state index contributed by atoms with van der Waals surface area (Å²) < 4.78 is 28.9. The molecule has 0 amide bonds. The maximum Gasteiger partial charge on any atom is 0.244 e. The predicted octanol–water partition coefficient (Wildman–Crippen LogP) is 2.94. The van der Waals surface area contributed by atoms with Gasteiger partial charge in [0, 0.05) is 38.7 Å². The van der Waals surface area contributed by atoms with Gasteiger partial charge < -0.3 is 9.42 Å². The highest BCUT2D eigenvalue weighted by Gasteiger charge is 2.31. The lowest BCUT2D eigenvalue weighted by molar-refractivity contribution is 0.201. The van der Waals surface area contributed by atoms with Crippen molar-refractivity contribution in [2.24, 2.45) is 0 Å². The molecule has 1 aromatic carbocycles. The third-order valence-electron chi connectivity index (χ3n) is 5.29. The maximum atomic E-state index is 11.7. The number of hydrogen-bond acceptors (Lipinski definition) is 8. The van der Waals surface area contributed by atoms with Crippen LogP contribution in [-0.4, -0.2) is 55.3 Å². The summed E-state index contributed by atoms with van der Waals surface area (Å²) in [4.78, 5) is 13.6. The van der Waals surface area contributed by atoms with Gasteiger partial charge in [0.25, 0.3) is 0 Å². The van der Waals surface area contributed by atoms with Gasteiger partial charge in [-0.05, 0) is 49.2 Å². The van der Waals surface area contributed by atoms with E-state index >= 15 is 0 Å². The standard InChI is InChI=1S/C21H25N5O3S/c1-25(2)19-11-8-16(13-22-19)20-23-21(29-24-20)18-5-4-12-26(18)14-15-6-9-17(10-7-15)30(3,27)28/h6-11,13,18H,4-5,12,14H2,1-3H3. The molecule has 8 nitrogen and oxygen atoms in total. The monoisotopic (exact) mass is 427 g/mol. The van der Waals surface area contributed by atoms with E-state index in [4.69, 9.17) is 4.52 Å². The summed E-state index contributed by atoms with van der Waals surface area (Å²) >= 11 is 0. The first-order valence-corrected chi connectivity index (χ1v) is 11.7. The van der Waals surface area contributed by atoms with Crippen LogP contribution in [0.1, 0.15) is 30.3 Å². The van der Waals surface area contributed by atoms with E-state index < -0.39 is 9.84 Å². The SMILES string of the molecule is CN(C)c1ccc(-c2noc(C3CCCN3Cc3ccc(S(C)(=O)=O)cc3)n2)cn1. The van der Waals surface area contributed by atoms with Gasteiger partial charge in [-0.25, -0.2) is 13.4 Å². The van der Waals surface area contributed by atoms with Crippen molar-refractivity contribution < 1.29 is 12.9 Å². The summed E-state index contributed by atoms with van der Waals surface area (Å²) in [5, 5.41) is 4.15. The van der Waals surface area contributed by atoms with Gasteiger partial charge in [-0.2, -0.15) is 4.98 Å². The average Bonchev–Trinajstić information content (AvgIpc) is 3.37. The molecule has 0 saturated carbocycles. The lowest BCUT2D eigenvalue weighted by Gasteiger charge is -2.21. The van der Waals surface area contributed by atoms with E-state index in [1.165, 1.54) is 6.26 Å². The Balaban J connectivity index is 1.49. The first-order valence-electron chi connectivity index (χ1n) is 9.81. The van der Waals surface area contributed by atoms with Crippen LogP contribution in [0, 0.1) is 0 Å². The van der Waals surface area contributed by atoms with Crippen molar-refractivity contribution in [2.45, 2.75) is 30.3 Å². The molecule has 158 valence electrons. The lowest BCUT2D eigenvalue weighted by atomic mass is 10.2. The van der Waals surface area contributed by atoms with Gasteiger partial charge in [-0.1, -0.05) is 17.3 Å². The number of pyridine rings is 1. The number of likely N-dealkylation sites (tertiary alicyclic amines) is 1. The van der Waals surface area contributed by atoms with Crippen LogP contribution in [0.3, 0.4) is 0 Å². The number of anilines is 1. The third kappa shape index (κ3) is 4.36. The number of sulfone groups is 1. The van der Waals surface area contributed by atoms with Crippen LogP contribution in [0.2, 0.25) is 0 Å². The molecule has 9 heteroatoms. The minimum absolute atomic E-state index is 0.0508. The molecule has 4 rings (SSSR count). The molecule has 0 bridgehead atoms. The van der Waals surface area contributed by atoms with E-state index in [1.54, 1.807) is 18.3 Å². The summed E-state index contributed by atoms with van der Waals surface area (Å²) in [7, 11) is 0.698. The Labute approximate surface area is 176 Å². The van der Waals surface area contributed by atoms with Crippen LogP contribution in [0.5, 0.6) is 0 Å². The van der Waals surface area contributed by atoms with Crippen molar-refractivity contribution in [3.8, 4) is 11.4 Å². The number of hydrogen-bond donors (Lipinski definition) is 0. The number of benzene rings is 1. The molecule has 3 aromatic rings. The van der Waals surface area contributed by atoms with Gasteiger partial charge in [-0.15, -0.1) is 0 Å². The predicted molar refractivity (Wildman–Crippen MR) is 114 cm³/mol. The fourth-order valence-electron chi connectivity index (χ4n) is 3.64. The summed E-state index contributed by atoms with van der Waals surface area (Å²) in [6.45, 7) is 1.63. The van der Waals surface area contributed by atoms with E-state index in [2.05, 4.69) is 20.0 Å². The first-order chi connectivity index (χ1) is 14.3. The van der Waals surface area contributed by atoms with E-state index in [9.17, 15) is 8.42 Å². The summed E-state index contributed by atoms with van der Waals surface area (Å²) in [5.41, 5.74) is 1.87. The van der Waals surface area contributed by atoms with Crippen LogP contribution in [0.25, 0.3) is 11.4 Å². The van der Waals surface area contributed by atoms with Crippen LogP contribution >= 0.6 is 0 Å². The molecule has 1 unspecified atom stereocenters. The van der Waals surface area contributed by atoms with Gasteiger partial charge in [0.05, 0.1) is 10.9 Å². The third-order valence-corrected chi connectivity index (χ3v) is 6.42. The first kappa shape index (κ1) is 20.5. The molecule has 0 spiro atoms. The second-order valence-corrected chi connectivity index (χ2v) is 9.82.